The first-order chi connectivity index (χ1) is 10.5. The summed E-state index contributed by atoms with van der Waals surface area (Å²) in [5.41, 5.74) is 5.47. The number of ether oxygens (including phenoxy) is 1. The summed E-state index contributed by atoms with van der Waals surface area (Å²) in [6, 6.07) is -0.438. The van der Waals surface area contributed by atoms with Crippen LogP contribution >= 0.6 is 0 Å². The molecule has 0 aliphatic heterocycles. The lowest BCUT2D eigenvalue weighted by atomic mass is 10.1. The molecule has 0 fully saturated rings. The highest BCUT2D eigenvalue weighted by Gasteiger charge is 2.24. The predicted octanol–water partition coefficient (Wildman–Crippen LogP) is 0.946. The molecule has 0 saturated heterocycles. The zero-order chi connectivity index (χ0) is 18.0. The average molecular weight is 331 g/mol. The van der Waals surface area contributed by atoms with Crippen LogP contribution in [0.25, 0.3) is 0 Å². The van der Waals surface area contributed by atoms with Crippen LogP contribution in [0.4, 0.5) is 0 Å². The lowest BCUT2D eigenvalue weighted by Gasteiger charge is -2.28. The number of carboxylic acids is 1. The van der Waals surface area contributed by atoms with E-state index >= 15 is 0 Å². The molecule has 0 aromatic heterocycles. The number of nitrogens with zero attached hydrogens (tertiary/aromatic N) is 1. The molecule has 0 aromatic carbocycles. The second kappa shape index (κ2) is 10.3. The lowest BCUT2D eigenvalue weighted by Crippen LogP contribution is -2.43. The third kappa shape index (κ3) is 12.7. The molecular formula is C16H31N2O5+. The number of aliphatic carboxylic acids is 1. The van der Waals surface area contributed by atoms with E-state index in [1.807, 2.05) is 21.1 Å². The Balaban J connectivity index is 4.08. The van der Waals surface area contributed by atoms with Crippen molar-refractivity contribution in [2.75, 3.05) is 27.7 Å². The summed E-state index contributed by atoms with van der Waals surface area (Å²) in [5.74, 6) is -1.34. The van der Waals surface area contributed by atoms with Crippen molar-refractivity contribution in [2.24, 2.45) is 5.73 Å². The number of nitrogens with two attached hydrogens (primary N) is 1. The molecule has 0 aliphatic carbocycles. The van der Waals surface area contributed by atoms with Gasteiger partial charge in [-0.25, -0.2) is 0 Å². The van der Waals surface area contributed by atoms with Crippen LogP contribution in [0.15, 0.2) is 0 Å². The summed E-state index contributed by atoms with van der Waals surface area (Å²) < 4.78 is 5.80. The van der Waals surface area contributed by atoms with E-state index in [2.05, 4.69) is 0 Å². The van der Waals surface area contributed by atoms with Gasteiger partial charge in [0, 0.05) is 12.8 Å². The van der Waals surface area contributed by atoms with Crippen LogP contribution in [-0.4, -0.2) is 67.1 Å². The van der Waals surface area contributed by atoms with Crippen molar-refractivity contribution in [3.05, 3.63) is 0 Å². The number of quaternary nitrogens is 1. The second-order valence-corrected chi connectivity index (χ2v) is 7.00. The molecule has 7 nitrogen and oxygen atoms in total. The SMILES string of the molecule is CC(N)C(=O)CCCCCC(=O)OC(CC(=O)O)C[N+](C)(C)C. The number of likely N-dealkylation sites (N-methyl/N-ethyl adjacent to an activating group) is 1. The molecule has 0 amide bonds. The molecule has 0 aromatic rings. The van der Waals surface area contributed by atoms with E-state index in [0.717, 1.165) is 6.42 Å². The van der Waals surface area contributed by atoms with Gasteiger partial charge in [0.1, 0.15) is 12.3 Å². The zero-order valence-corrected chi connectivity index (χ0v) is 14.7. The maximum Gasteiger partial charge on any atom is 0.307 e. The maximum absolute atomic E-state index is 11.8. The predicted molar refractivity (Wildman–Crippen MR) is 86.8 cm³/mol. The normalized spacial score (nSPS) is 14.1. The number of unbranched alkanes of at least 4 members (excludes halogenated alkanes) is 2. The molecule has 0 radical (unpaired) electrons. The molecule has 0 saturated carbocycles. The van der Waals surface area contributed by atoms with E-state index in [-0.39, 0.29) is 24.6 Å². The number of Topliss-reactive ketones (excluding diaryl/α,β-unsaturated/α-hetero) is 1. The lowest BCUT2D eigenvalue weighted by molar-refractivity contribution is -0.873. The zero-order valence-electron chi connectivity index (χ0n) is 14.7. The summed E-state index contributed by atoms with van der Waals surface area (Å²) in [5, 5.41) is 8.90. The van der Waals surface area contributed by atoms with Crippen molar-refractivity contribution in [2.45, 2.75) is 57.6 Å². The fraction of sp³-hybridized carbons (Fsp3) is 0.812. The van der Waals surface area contributed by atoms with Gasteiger partial charge in [-0.05, 0) is 19.8 Å². The number of carbonyl (C=O) groups is 3. The van der Waals surface area contributed by atoms with Gasteiger partial charge in [0.25, 0.3) is 0 Å². The van der Waals surface area contributed by atoms with Crippen molar-refractivity contribution in [1.82, 2.24) is 0 Å². The summed E-state index contributed by atoms with van der Waals surface area (Å²) in [7, 11) is 5.74. The first-order valence-corrected chi connectivity index (χ1v) is 8.01. The average Bonchev–Trinajstić information content (AvgIpc) is 2.34. The highest BCUT2D eigenvalue weighted by atomic mass is 16.5. The van der Waals surface area contributed by atoms with Crippen molar-refractivity contribution in [3.63, 3.8) is 0 Å². The fourth-order valence-corrected chi connectivity index (χ4v) is 2.17. The first kappa shape index (κ1) is 21.5. The van der Waals surface area contributed by atoms with Crippen LogP contribution in [0.2, 0.25) is 0 Å². The van der Waals surface area contributed by atoms with Gasteiger partial charge in [-0.3, -0.25) is 14.4 Å². The first-order valence-electron chi connectivity index (χ1n) is 8.01. The third-order valence-electron chi connectivity index (χ3n) is 3.26. The molecule has 0 bridgehead atoms. The largest absolute Gasteiger partial charge is 0.481 e. The molecule has 2 unspecified atom stereocenters. The van der Waals surface area contributed by atoms with Gasteiger partial charge in [-0.2, -0.15) is 0 Å². The molecule has 23 heavy (non-hydrogen) atoms. The minimum absolute atomic E-state index is 0.0250. The van der Waals surface area contributed by atoms with Crippen LogP contribution in [0, 0.1) is 0 Å². The summed E-state index contributed by atoms with van der Waals surface area (Å²) in [4.78, 5) is 34.0. The minimum Gasteiger partial charge on any atom is -0.481 e. The second-order valence-electron chi connectivity index (χ2n) is 7.00. The van der Waals surface area contributed by atoms with E-state index in [9.17, 15) is 14.4 Å². The molecule has 2 atom stereocenters. The minimum atomic E-state index is -0.981. The van der Waals surface area contributed by atoms with Crippen LogP contribution in [0.1, 0.15) is 45.4 Å². The van der Waals surface area contributed by atoms with E-state index in [4.69, 9.17) is 15.6 Å². The van der Waals surface area contributed by atoms with Crippen molar-refractivity contribution < 1.29 is 28.7 Å². The van der Waals surface area contributed by atoms with Gasteiger partial charge in [-0.15, -0.1) is 0 Å². The molecule has 0 aliphatic rings. The number of rotatable bonds is 12. The van der Waals surface area contributed by atoms with Gasteiger partial charge in [0.05, 0.1) is 33.6 Å². The molecule has 3 N–H and O–H groups in total. The van der Waals surface area contributed by atoms with Gasteiger partial charge in [0.2, 0.25) is 0 Å². The highest BCUT2D eigenvalue weighted by molar-refractivity contribution is 5.83. The van der Waals surface area contributed by atoms with E-state index in [0.29, 0.717) is 30.3 Å². The monoisotopic (exact) mass is 331 g/mol. The van der Waals surface area contributed by atoms with E-state index in [1.165, 1.54) is 0 Å². The van der Waals surface area contributed by atoms with Crippen molar-refractivity contribution in [1.29, 1.82) is 0 Å². The fourth-order valence-electron chi connectivity index (χ4n) is 2.17. The Bertz CT molecular complexity index is 402. The third-order valence-corrected chi connectivity index (χ3v) is 3.26. The highest BCUT2D eigenvalue weighted by Crippen LogP contribution is 2.10. The number of esters is 1. The van der Waals surface area contributed by atoms with Gasteiger partial charge >= 0.3 is 11.9 Å². The van der Waals surface area contributed by atoms with E-state index < -0.39 is 18.1 Å². The quantitative estimate of drug-likeness (QED) is 0.313. The van der Waals surface area contributed by atoms with Gasteiger partial charge < -0.3 is 20.1 Å². The molecule has 0 spiro atoms. The number of carboxylic acid groups (broad SMARTS) is 1. The number of carbonyl (C=O) groups excluding carboxylic acids is 2. The Morgan fingerprint density at radius 1 is 1.09 bits per heavy atom. The Morgan fingerprint density at radius 3 is 2.13 bits per heavy atom. The summed E-state index contributed by atoms with van der Waals surface area (Å²) in [6.07, 6.45) is 1.91. The molecule has 134 valence electrons. The smallest absolute Gasteiger partial charge is 0.307 e. The molecule has 0 heterocycles. The van der Waals surface area contributed by atoms with Crippen LogP contribution < -0.4 is 5.73 Å². The van der Waals surface area contributed by atoms with Crippen LogP contribution in [0.3, 0.4) is 0 Å². The molecule has 7 heteroatoms. The topological polar surface area (TPSA) is 107 Å². The van der Waals surface area contributed by atoms with Crippen LogP contribution in [-0.2, 0) is 19.1 Å². The maximum atomic E-state index is 11.8. The molecular weight excluding hydrogens is 300 g/mol. The van der Waals surface area contributed by atoms with E-state index in [1.54, 1.807) is 6.92 Å². The standard InChI is InChI=1S/C16H30N2O5/c1-12(17)14(19)8-6-5-7-9-16(22)23-13(10-15(20)21)11-18(2,3)4/h12-13H,5-11,17H2,1-4H3/p+1. The van der Waals surface area contributed by atoms with Gasteiger partial charge in [0.15, 0.2) is 6.10 Å². The summed E-state index contributed by atoms with van der Waals surface area (Å²) in [6.45, 7) is 2.11. The van der Waals surface area contributed by atoms with Gasteiger partial charge in [-0.1, -0.05) is 6.42 Å². The van der Waals surface area contributed by atoms with Crippen molar-refractivity contribution >= 4 is 17.7 Å². The number of ketones is 1. The van der Waals surface area contributed by atoms with Crippen LogP contribution in [0.5, 0.6) is 0 Å². The number of hydrogen-bond acceptors (Lipinski definition) is 5. The number of hydrogen-bond donors (Lipinski definition) is 2. The summed E-state index contributed by atoms with van der Waals surface area (Å²) >= 11 is 0. The van der Waals surface area contributed by atoms with Crippen molar-refractivity contribution in [3.8, 4) is 0 Å². The Kier molecular flexibility index (Phi) is 9.67. The molecule has 0 rings (SSSR count). The Hall–Kier alpha value is -1.47. The Morgan fingerprint density at radius 2 is 1.65 bits per heavy atom. The Labute approximate surface area is 138 Å².